The summed E-state index contributed by atoms with van der Waals surface area (Å²) < 4.78 is 0. The van der Waals surface area contributed by atoms with E-state index in [1.165, 1.54) is 57.8 Å². The van der Waals surface area contributed by atoms with Gasteiger partial charge in [0.25, 0.3) is 0 Å². The first kappa shape index (κ1) is 31.9. The van der Waals surface area contributed by atoms with Crippen LogP contribution in [0.2, 0.25) is 0 Å². The molecule has 0 radical (unpaired) electrons. The topological polar surface area (TPSA) is 80.3 Å². The van der Waals surface area contributed by atoms with Crippen molar-refractivity contribution in [3.8, 4) is 0 Å². The molecule has 0 aromatic heterocycles. The summed E-state index contributed by atoms with van der Waals surface area (Å²) in [6, 6.07) is 0. The molecule has 0 aliphatic rings. The summed E-state index contributed by atoms with van der Waals surface area (Å²) in [4.78, 5) is 20.5. The van der Waals surface area contributed by atoms with E-state index in [1.807, 2.05) is 0 Å². The van der Waals surface area contributed by atoms with Gasteiger partial charge in [0, 0.05) is 11.9 Å². The normalized spacial score (nSPS) is 9.92. The maximum Gasteiger partial charge on any atom is 1.00 e. The van der Waals surface area contributed by atoms with Gasteiger partial charge in [-0.3, -0.25) is 0 Å². The minimum Gasteiger partial charge on any atom is -0.550 e. The first-order valence-corrected chi connectivity index (χ1v) is 9.52. The van der Waals surface area contributed by atoms with E-state index in [2.05, 4.69) is 0 Å². The maximum absolute atomic E-state index is 10.2. The van der Waals surface area contributed by atoms with Gasteiger partial charge in [0.1, 0.15) is 0 Å². The molecule has 6 heteroatoms. The summed E-state index contributed by atoms with van der Waals surface area (Å²) >= 11 is 0. The van der Waals surface area contributed by atoms with Gasteiger partial charge in [-0.05, 0) is 25.7 Å². The summed E-state index contributed by atoms with van der Waals surface area (Å²) in [6.07, 6.45) is 17.7. The molecule has 0 atom stereocenters. The number of hydrogen-bond donors (Lipinski definition) is 0. The van der Waals surface area contributed by atoms with Crippen LogP contribution in [-0.2, 0) is 9.59 Å². The van der Waals surface area contributed by atoms with Gasteiger partial charge in [-0.2, -0.15) is 0 Å². The van der Waals surface area contributed by atoms with Crippen molar-refractivity contribution in [1.82, 2.24) is 0 Å². The van der Waals surface area contributed by atoms with Crippen LogP contribution in [0.3, 0.4) is 0 Å². The second kappa shape index (κ2) is 26.2. The van der Waals surface area contributed by atoms with Gasteiger partial charge in [0.05, 0.1) is 0 Å². The first-order chi connectivity index (χ1) is 11.1. The van der Waals surface area contributed by atoms with E-state index >= 15 is 0 Å². The van der Waals surface area contributed by atoms with Crippen LogP contribution >= 0.6 is 0 Å². The van der Waals surface area contributed by atoms with Crippen molar-refractivity contribution in [3.05, 3.63) is 0 Å². The largest absolute Gasteiger partial charge is 1.00 e. The van der Waals surface area contributed by atoms with Crippen LogP contribution in [0.4, 0.5) is 0 Å². The van der Waals surface area contributed by atoms with Crippen LogP contribution in [0.5, 0.6) is 0 Å². The van der Waals surface area contributed by atoms with Crippen molar-refractivity contribution >= 4 is 11.9 Å². The molecule has 4 nitrogen and oxygen atoms in total. The Kier molecular flexibility index (Phi) is 33.4. The third-order valence-electron chi connectivity index (χ3n) is 4.26. The minimum absolute atomic E-state index is 0. The van der Waals surface area contributed by atoms with E-state index in [0.717, 1.165) is 38.5 Å². The number of unbranched alkanes of at least 4 members (excludes halogenated alkanes) is 14. The van der Waals surface area contributed by atoms with Gasteiger partial charge in [-0.1, -0.05) is 83.5 Å². The average Bonchev–Trinajstić information content (AvgIpc) is 2.49. The van der Waals surface area contributed by atoms with Crippen LogP contribution in [0.25, 0.3) is 0 Å². The fraction of sp³-hybridized carbons (Fsp3) is 0.895. The van der Waals surface area contributed by atoms with Gasteiger partial charge < -0.3 is 19.8 Å². The van der Waals surface area contributed by atoms with Gasteiger partial charge in [0.15, 0.2) is 0 Å². The molecule has 0 spiro atoms. The minimum atomic E-state index is -0.928. The molecule has 0 aromatic carbocycles. The Morgan fingerprint density at radius 1 is 0.400 bits per heavy atom. The number of hydrogen-bond acceptors (Lipinski definition) is 4. The molecule has 0 aliphatic carbocycles. The van der Waals surface area contributed by atoms with E-state index in [9.17, 15) is 19.8 Å². The van der Waals surface area contributed by atoms with Crippen molar-refractivity contribution in [2.24, 2.45) is 0 Å². The Balaban J connectivity index is -0.00000242. The van der Waals surface area contributed by atoms with E-state index in [0.29, 0.717) is 0 Å². The SMILES string of the molecule is O=C([O-])CCCCCCCCCCCCCCCCCC(=O)[O-].[K+].[K+]. The van der Waals surface area contributed by atoms with Crippen LogP contribution in [0.1, 0.15) is 109 Å². The van der Waals surface area contributed by atoms with E-state index < -0.39 is 11.9 Å². The maximum atomic E-state index is 10.2. The van der Waals surface area contributed by atoms with Crippen molar-refractivity contribution < 1.29 is 123 Å². The number of carbonyl (C=O) groups excluding carboxylic acids is 2. The summed E-state index contributed by atoms with van der Waals surface area (Å²) in [5, 5.41) is 20.5. The molecule has 0 N–H and O–H groups in total. The Hall–Kier alpha value is 2.21. The van der Waals surface area contributed by atoms with Crippen LogP contribution < -0.4 is 113 Å². The van der Waals surface area contributed by atoms with Gasteiger partial charge in [-0.15, -0.1) is 0 Å². The molecule has 0 bridgehead atoms. The molecule has 0 heterocycles. The smallest absolute Gasteiger partial charge is 0.550 e. The Morgan fingerprint density at radius 3 is 0.720 bits per heavy atom. The van der Waals surface area contributed by atoms with Crippen LogP contribution in [0, 0.1) is 0 Å². The van der Waals surface area contributed by atoms with Gasteiger partial charge >= 0.3 is 103 Å². The Bertz CT molecular complexity index is 271. The summed E-state index contributed by atoms with van der Waals surface area (Å²) in [5.74, 6) is -1.86. The standard InChI is InChI=1S/C19H36O4.2K/c20-18(21)16-14-12-10-8-6-4-2-1-3-5-7-9-11-13-15-17-19(22)23;;/h1-17H2,(H,20,21)(H,22,23);;/q;2*+1/p-2. The van der Waals surface area contributed by atoms with Crippen LogP contribution in [-0.4, -0.2) is 11.9 Å². The zero-order valence-corrected chi connectivity index (χ0v) is 22.9. The summed E-state index contributed by atoms with van der Waals surface area (Å²) in [5.41, 5.74) is 0. The third-order valence-corrected chi connectivity index (χ3v) is 4.26. The average molecular weight is 405 g/mol. The van der Waals surface area contributed by atoms with E-state index in [1.54, 1.807) is 0 Å². The number of aliphatic carboxylic acids is 2. The zero-order valence-electron chi connectivity index (χ0n) is 16.7. The van der Waals surface area contributed by atoms with Gasteiger partial charge in [0.2, 0.25) is 0 Å². The zero-order chi connectivity index (χ0) is 17.2. The predicted octanol–water partition coefficient (Wildman–Crippen LogP) is -2.87. The number of carboxylic acid groups (broad SMARTS) is 2. The second-order valence-electron chi connectivity index (χ2n) is 6.55. The Labute approximate surface area is 239 Å². The van der Waals surface area contributed by atoms with Crippen molar-refractivity contribution in [2.75, 3.05) is 0 Å². The molecule has 0 saturated heterocycles. The van der Waals surface area contributed by atoms with Gasteiger partial charge in [-0.25, -0.2) is 0 Å². The van der Waals surface area contributed by atoms with Crippen LogP contribution in [0.15, 0.2) is 0 Å². The predicted molar refractivity (Wildman–Crippen MR) is 88.5 cm³/mol. The number of carboxylic acids is 2. The second-order valence-corrected chi connectivity index (χ2v) is 6.55. The Morgan fingerprint density at radius 2 is 0.560 bits per heavy atom. The fourth-order valence-corrected chi connectivity index (χ4v) is 2.84. The van der Waals surface area contributed by atoms with E-state index in [4.69, 9.17) is 0 Å². The molecule has 25 heavy (non-hydrogen) atoms. The molecule has 0 fully saturated rings. The summed E-state index contributed by atoms with van der Waals surface area (Å²) in [6.45, 7) is 0. The molecule has 136 valence electrons. The molecular formula is C19H34K2O4. The quantitative estimate of drug-likeness (QED) is 0.182. The monoisotopic (exact) mass is 404 g/mol. The van der Waals surface area contributed by atoms with Crippen molar-refractivity contribution in [1.29, 1.82) is 0 Å². The molecule has 0 aliphatic heterocycles. The molecule has 0 unspecified atom stereocenters. The molecule has 0 saturated carbocycles. The fourth-order valence-electron chi connectivity index (χ4n) is 2.84. The van der Waals surface area contributed by atoms with E-state index in [-0.39, 0.29) is 116 Å². The molecule has 0 amide bonds. The van der Waals surface area contributed by atoms with Crippen molar-refractivity contribution in [2.45, 2.75) is 109 Å². The van der Waals surface area contributed by atoms with Crippen molar-refractivity contribution in [3.63, 3.8) is 0 Å². The molecule has 0 rings (SSSR count). The number of carbonyl (C=O) groups is 2. The number of rotatable bonds is 18. The molecule has 0 aromatic rings. The first-order valence-electron chi connectivity index (χ1n) is 9.52. The molecular weight excluding hydrogens is 370 g/mol. The summed E-state index contributed by atoms with van der Waals surface area (Å²) in [7, 11) is 0. The third kappa shape index (κ3) is 31.1.